The van der Waals surface area contributed by atoms with Crippen LogP contribution in [0.4, 0.5) is 0 Å². The molecule has 0 aliphatic heterocycles. The fraction of sp³-hybridized carbons (Fsp3) is 0.462. The van der Waals surface area contributed by atoms with Crippen molar-refractivity contribution in [1.29, 1.82) is 0 Å². The van der Waals surface area contributed by atoms with E-state index >= 15 is 0 Å². The average molecular weight is 221 g/mol. The van der Waals surface area contributed by atoms with Gasteiger partial charge < -0.3 is 10.1 Å². The maximum Gasteiger partial charge on any atom is 0.309 e. The Morgan fingerprint density at radius 1 is 1.31 bits per heavy atom. The molecule has 1 rings (SSSR count). The zero-order chi connectivity index (χ0) is 11.8. The first-order valence-corrected chi connectivity index (χ1v) is 5.62. The first-order chi connectivity index (χ1) is 7.77. The fourth-order valence-electron chi connectivity index (χ4n) is 1.53. The van der Waals surface area contributed by atoms with Crippen LogP contribution < -0.4 is 5.32 Å². The Hall–Kier alpha value is -1.35. The molecule has 3 nitrogen and oxygen atoms in total. The van der Waals surface area contributed by atoms with Gasteiger partial charge in [0.1, 0.15) is 0 Å². The number of methoxy groups -OCH3 is 1. The van der Waals surface area contributed by atoms with E-state index in [4.69, 9.17) is 0 Å². The monoisotopic (exact) mass is 221 g/mol. The summed E-state index contributed by atoms with van der Waals surface area (Å²) in [5.74, 6) is -0.192. The Balaban J connectivity index is 2.63. The van der Waals surface area contributed by atoms with Gasteiger partial charge in [0.25, 0.3) is 0 Å². The molecule has 0 fully saturated rings. The lowest BCUT2D eigenvalue weighted by Crippen LogP contribution is -2.16. The van der Waals surface area contributed by atoms with Gasteiger partial charge in [-0.3, -0.25) is 4.79 Å². The third kappa shape index (κ3) is 4.03. The van der Waals surface area contributed by atoms with Crippen molar-refractivity contribution in [2.75, 3.05) is 13.7 Å². The highest BCUT2D eigenvalue weighted by Gasteiger charge is 2.06. The Kier molecular flexibility index (Phi) is 5.57. The Labute approximate surface area is 96.8 Å². The zero-order valence-electron chi connectivity index (χ0n) is 9.95. The van der Waals surface area contributed by atoms with Crippen LogP contribution in [0.1, 0.15) is 24.5 Å². The van der Waals surface area contributed by atoms with Crippen molar-refractivity contribution in [3.8, 4) is 0 Å². The summed E-state index contributed by atoms with van der Waals surface area (Å²) in [6.07, 6.45) is 1.46. The quantitative estimate of drug-likeness (QED) is 0.589. The molecule has 0 saturated heterocycles. The lowest BCUT2D eigenvalue weighted by molar-refractivity contribution is -0.139. The van der Waals surface area contributed by atoms with Crippen molar-refractivity contribution in [2.45, 2.75) is 26.3 Å². The van der Waals surface area contributed by atoms with Gasteiger partial charge in [-0.05, 0) is 24.1 Å². The summed E-state index contributed by atoms with van der Waals surface area (Å²) >= 11 is 0. The van der Waals surface area contributed by atoms with Crippen molar-refractivity contribution in [1.82, 2.24) is 5.32 Å². The molecule has 0 aromatic heterocycles. The highest BCUT2D eigenvalue weighted by atomic mass is 16.5. The van der Waals surface area contributed by atoms with Gasteiger partial charge in [0.15, 0.2) is 0 Å². The van der Waals surface area contributed by atoms with Gasteiger partial charge in [-0.2, -0.15) is 0 Å². The predicted octanol–water partition coefficient (Wildman–Crippen LogP) is 1.90. The third-order valence-electron chi connectivity index (χ3n) is 2.42. The number of nitrogens with one attached hydrogen (secondary N) is 1. The minimum absolute atomic E-state index is 0.192. The maximum atomic E-state index is 11.2. The second-order valence-electron chi connectivity index (χ2n) is 3.70. The number of esters is 1. The van der Waals surface area contributed by atoms with Crippen LogP contribution in [0, 0.1) is 0 Å². The summed E-state index contributed by atoms with van der Waals surface area (Å²) in [5, 5.41) is 3.33. The predicted molar refractivity (Wildman–Crippen MR) is 64.2 cm³/mol. The second-order valence-corrected chi connectivity index (χ2v) is 3.70. The molecule has 0 amide bonds. The van der Waals surface area contributed by atoms with Gasteiger partial charge in [0.2, 0.25) is 0 Å². The van der Waals surface area contributed by atoms with E-state index in [-0.39, 0.29) is 5.97 Å². The molecule has 16 heavy (non-hydrogen) atoms. The molecule has 1 aromatic rings. The largest absolute Gasteiger partial charge is 0.469 e. The fourth-order valence-corrected chi connectivity index (χ4v) is 1.53. The van der Waals surface area contributed by atoms with Crippen molar-refractivity contribution in [3.63, 3.8) is 0 Å². The Bertz CT molecular complexity index is 336. The Morgan fingerprint density at radius 2 is 2.00 bits per heavy atom. The van der Waals surface area contributed by atoms with Gasteiger partial charge in [-0.1, -0.05) is 31.2 Å². The molecular formula is C13H19NO2. The van der Waals surface area contributed by atoms with E-state index in [1.165, 1.54) is 12.7 Å². The van der Waals surface area contributed by atoms with E-state index in [9.17, 15) is 4.79 Å². The normalized spacial score (nSPS) is 10.1. The van der Waals surface area contributed by atoms with Gasteiger partial charge >= 0.3 is 5.97 Å². The molecule has 0 atom stereocenters. The van der Waals surface area contributed by atoms with Crippen LogP contribution >= 0.6 is 0 Å². The summed E-state index contributed by atoms with van der Waals surface area (Å²) in [4.78, 5) is 11.2. The summed E-state index contributed by atoms with van der Waals surface area (Å²) in [5.41, 5.74) is 2.21. The number of rotatable bonds is 6. The lowest BCUT2D eigenvalue weighted by Gasteiger charge is -2.09. The smallest absolute Gasteiger partial charge is 0.309 e. The molecule has 3 heteroatoms. The zero-order valence-corrected chi connectivity index (χ0v) is 9.95. The molecule has 0 saturated carbocycles. The number of benzene rings is 1. The number of hydrogen-bond donors (Lipinski definition) is 1. The van der Waals surface area contributed by atoms with Crippen LogP contribution in [0.25, 0.3) is 0 Å². The van der Waals surface area contributed by atoms with Gasteiger partial charge in [0.05, 0.1) is 13.5 Å². The van der Waals surface area contributed by atoms with Crippen molar-refractivity contribution >= 4 is 5.97 Å². The minimum atomic E-state index is -0.192. The summed E-state index contributed by atoms with van der Waals surface area (Å²) in [6, 6.07) is 7.95. The van der Waals surface area contributed by atoms with E-state index in [2.05, 4.69) is 17.0 Å². The van der Waals surface area contributed by atoms with Gasteiger partial charge in [-0.25, -0.2) is 0 Å². The molecule has 0 unspecified atom stereocenters. The SMILES string of the molecule is CCCNCc1ccccc1CC(=O)OC. The molecule has 0 aliphatic carbocycles. The van der Waals surface area contributed by atoms with Crippen molar-refractivity contribution in [2.24, 2.45) is 0 Å². The maximum absolute atomic E-state index is 11.2. The number of ether oxygens (including phenoxy) is 1. The van der Waals surface area contributed by atoms with E-state index in [1.807, 2.05) is 24.3 Å². The minimum Gasteiger partial charge on any atom is -0.469 e. The second kappa shape index (κ2) is 7.01. The molecule has 0 bridgehead atoms. The first kappa shape index (κ1) is 12.7. The standard InChI is InChI=1S/C13H19NO2/c1-3-8-14-10-12-7-5-4-6-11(12)9-13(15)16-2/h4-7,14H,3,8-10H2,1-2H3. The van der Waals surface area contributed by atoms with Crippen molar-refractivity contribution in [3.05, 3.63) is 35.4 Å². The summed E-state index contributed by atoms with van der Waals surface area (Å²) in [6.45, 7) is 3.93. The molecule has 0 aliphatic rings. The molecular weight excluding hydrogens is 202 g/mol. The summed E-state index contributed by atoms with van der Waals surface area (Å²) < 4.78 is 4.68. The van der Waals surface area contributed by atoms with E-state index in [0.717, 1.165) is 25.1 Å². The summed E-state index contributed by atoms with van der Waals surface area (Å²) in [7, 11) is 1.42. The lowest BCUT2D eigenvalue weighted by atomic mass is 10.0. The Morgan fingerprint density at radius 3 is 2.62 bits per heavy atom. The van der Waals surface area contributed by atoms with E-state index in [0.29, 0.717) is 6.42 Å². The molecule has 88 valence electrons. The van der Waals surface area contributed by atoms with Crippen LogP contribution in [0.15, 0.2) is 24.3 Å². The van der Waals surface area contributed by atoms with Crippen LogP contribution in [-0.2, 0) is 22.5 Å². The van der Waals surface area contributed by atoms with Crippen LogP contribution in [0.3, 0.4) is 0 Å². The number of hydrogen-bond acceptors (Lipinski definition) is 3. The number of carbonyl (C=O) groups excluding carboxylic acids is 1. The molecule has 0 spiro atoms. The van der Waals surface area contributed by atoms with Crippen LogP contribution in [0.2, 0.25) is 0 Å². The average Bonchev–Trinajstić information content (AvgIpc) is 2.31. The molecule has 1 aromatic carbocycles. The number of carbonyl (C=O) groups is 1. The molecule has 0 heterocycles. The molecule has 0 radical (unpaired) electrons. The van der Waals surface area contributed by atoms with Crippen LogP contribution in [0.5, 0.6) is 0 Å². The topological polar surface area (TPSA) is 38.3 Å². The van der Waals surface area contributed by atoms with Gasteiger partial charge in [0, 0.05) is 6.54 Å². The third-order valence-corrected chi connectivity index (χ3v) is 2.42. The van der Waals surface area contributed by atoms with Crippen molar-refractivity contribution < 1.29 is 9.53 Å². The first-order valence-electron chi connectivity index (χ1n) is 5.62. The molecule has 1 N–H and O–H groups in total. The van der Waals surface area contributed by atoms with Gasteiger partial charge in [-0.15, -0.1) is 0 Å². The van der Waals surface area contributed by atoms with E-state index in [1.54, 1.807) is 0 Å². The highest BCUT2D eigenvalue weighted by Crippen LogP contribution is 2.09. The van der Waals surface area contributed by atoms with Crippen LogP contribution in [-0.4, -0.2) is 19.6 Å². The van der Waals surface area contributed by atoms with E-state index < -0.39 is 0 Å². The highest BCUT2D eigenvalue weighted by molar-refractivity contribution is 5.72.